The highest BCUT2D eigenvalue weighted by Gasteiger charge is 2.25. The molecule has 0 radical (unpaired) electrons. The molecular weight excluding hydrogens is 451 g/mol. The third-order valence-corrected chi connectivity index (χ3v) is 4.69. The second-order valence-corrected chi connectivity index (χ2v) is 6.33. The quantitative estimate of drug-likeness (QED) is 0.269. The van der Waals surface area contributed by atoms with Crippen LogP contribution in [0.25, 0.3) is 0 Å². The molecule has 0 aliphatic heterocycles. The number of benzene rings is 1. The van der Waals surface area contributed by atoms with Crippen molar-refractivity contribution in [2.45, 2.75) is 46.5 Å². The molecule has 0 atom stereocenters. The molecule has 0 amide bonds. The lowest BCUT2D eigenvalue weighted by Crippen LogP contribution is -2.39. The van der Waals surface area contributed by atoms with E-state index in [1.165, 1.54) is 12.1 Å². The van der Waals surface area contributed by atoms with Crippen LogP contribution in [0.1, 0.15) is 45.6 Å². The maximum atomic E-state index is 13.2. The first-order valence-corrected chi connectivity index (χ1v) is 9.06. The van der Waals surface area contributed by atoms with Crippen LogP contribution in [0.5, 0.6) is 0 Å². The zero-order valence-electron chi connectivity index (χ0n) is 15.9. The molecular formula is C19H32F2IN3O. The zero-order valence-corrected chi connectivity index (χ0v) is 18.3. The van der Waals surface area contributed by atoms with Crippen molar-refractivity contribution in [2.24, 2.45) is 10.4 Å². The standard InChI is InChI=1S/C19H31F2N3O.HI/c1-4-19(5-2,8-10-25)14-24-18(22-6-3)23-9-7-15-11-16(20)13-17(21)12-15;/h11-13,25H,4-10,14H2,1-3H3,(H2,22,23,24);1H. The second-order valence-electron chi connectivity index (χ2n) is 6.33. The van der Waals surface area contributed by atoms with Gasteiger partial charge in [0.1, 0.15) is 11.6 Å². The number of hydrogen-bond donors (Lipinski definition) is 3. The van der Waals surface area contributed by atoms with Crippen LogP contribution >= 0.6 is 24.0 Å². The van der Waals surface area contributed by atoms with Crippen LogP contribution in [0.15, 0.2) is 23.2 Å². The topological polar surface area (TPSA) is 56.7 Å². The molecule has 0 saturated carbocycles. The monoisotopic (exact) mass is 483 g/mol. The molecule has 0 spiro atoms. The molecule has 0 heterocycles. The number of guanidine groups is 1. The smallest absolute Gasteiger partial charge is 0.191 e. The van der Waals surface area contributed by atoms with Gasteiger partial charge in [-0.3, -0.25) is 4.99 Å². The molecule has 0 fully saturated rings. The largest absolute Gasteiger partial charge is 0.396 e. The van der Waals surface area contributed by atoms with E-state index in [0.29, 0.717) is 31.0 Å². The van der Waals surface area contributed by atoms with Gasteiger partial charge in [0.2, 0.25) is 0 Å². The lowest BCUT2D eigenvalue weighted by Gasteiger charge is -2.29. The van der Waals surface area contributed by atoms with Crippen LogP contribution in [-0.4, -0.2) is 37.3 Å². The molecule has 4 nitrogen and oxygen atoms in total. The second kappa shape index (κ2) is 13.2. The van der Waals surface area contributed by atoms with E-state index in [9.17, 15) is 13.9 Å². The van der Waals surface area contributed by atoms with Gasteiger partial charge in [-0.1, -0.05) is 13.8 Å². The number of aliphatic hydroxyl groups excluding tert-OH is 1. The molecule has 3 N–H and O–H groups in total. The summed E-state index contributed by atoms with van der Waals surface area (Å²) in [7, 11) is 0. The van der Waals surface area contributed by atoms with Gasteiger partial charge in [-0.15, -0.1) is 24.0 Å². The van der Waals surface area contributed by atoms with E-state index in [2.05, 4.69) is 29.5 Å². The van der Waals surface area contributed by atoms with Crippen LogP contribution in [0.3, 0.4) is 0 Å². The normalized spacial score (nSPS) is 11.8. The highest BCUT2D eigenvalue weighted by Crippen LogP contribution is 2.30. The molecule has 26 heavy (non-hydrogen) atoms. The highest BCUT2D eigenvalue weighted by molar-refractivity contribution is 14.0. The van der Waals surface area contributed by atoms with Crippen molar-refractivity contribution in [1.29, 1.82) is 0 Å². The van der Waals surface area contributed by atoms with E-state index in [0.717, 1.165) is 31.9 Å². The number of aliphatic hydroxyl groups is 1. The molecule has 0 bridgehead atoms. The number of hydrogen-bond acceptors (Lipinski definition) is 2. The minimum absolute atomic E-state index is 0. The fraction of sp³-hybridized carbons (Fsp3) is 0.632. The first kappa shape index (κ1) is 25.0. The molecule has 150 valence electrons. The van der Waals surface area contributed by atoms with Gasteiger partial charge < -0.3 is 15.7 Å². The average Bonchev–Trinajstić information content (AvgIpc) is 2.57. The van der Waals surface area contributed by atoms with Crippen LogP contribution in [0, 0.1) is 17.0 Å². The summed E-state index contributed by atoms with van der Waals surface area (Å²) < 4.78 is 26.4. The Morgan fingerprint density at radius 1 is 1.08 bits per heavy atom. The molecule has 1 aromatic carbocycles. The van der Waals surface area contributed by atoms with Crippen molar-refractivity contribution in [3.63, 3.8) is 0 Å². The SMILES string of the molecule is CCNC(=NCC(CC)(CC)CCO)NCCc1cc(F)cc(F)c1.I. The van der Waals surface area contributed by atoms with E-state index < -0.39 is 11.6 Å². The van der Waals surface area contributed by atoms with E-state index in [-0.39, 0.29) is 36.0 Å². The van der Waals surface area contributed by atoms with Gasteiger partial charge in [-0.2, -0.15) is 0 Å². The third-order valence-electron chi connectivity index (χ3n) is 4.69. The number of rotatable bonds is 10. The molecule has 0 aromatic heterocycles. The molecule has 0 aliphatic rings. The Labute approximate surface area is 172 Å². The maximum absolute atomic E-state index is 13.2. The summed E-state index contributed by atoms with van der Waals surface area (Å²) in [5, 5.41) is 15.7. The van der Waals surface area contributed by atoms with Crippen LogP contribution < -0.4 is 10.6 Å². The maximum Gasteiger partial charge on any atom is 0.191 e. The van der Waals surface area contributed by atoms with Crippen molar-refractivity contribution >= 4 is 29.9 Å². The summed E-state index contributed by atoms with van der Waals surface area (Å²) >= 11 is 0. The number of nitrogens with zero attached hydrogens (tertiary/aromatic N) is 1. The third kappa shape index (κ3) is 8.62. The Kier molecular flexibility index (Phi) is 12.8. The minimum Gasteiger partial charge on any atom is -0.396 e. The van der Waals surface area contributed by atoms with Gasteiger partial charge in [0.25, 0.3) is 0 Å². The Morgan fingerprint density at radius 3 is 2.19 bits per heavy atom. The van der Waals surface area contributed by atoms with Gasteiger partial charge in [-0.05, 0) is 55.7 Å². The number of aliphatic imine (C=N–C) groups is 1. The average molecular weight is 483 g/mol. The predicted molar refractivity (Wildman–Crippen MR) is 114 cm³/mol. The van der Waals surface area contributed by atoms with Crippen LogP contribution in [0.4, 0.5) is 8.78 Å². The zero-order chi connectivity index (χ0) is 18.7. The van der Waals surface area contributed by atoms with Gasteiger partial charge >= 0.3 is 0 Å². The fourth-order valence-corrected chi connectivity index (χ4v) is 2.81. The van der Waals surface area contributed by atoms with Crippen molar-refractivity contribution in [2.75, 3.05) is 26.2 Å². The van der Waals surface area contributed by atoms with E-state index in [1.54, 1.807) is 0 Å². The van der Waals surface area contributed by atoms with E-state index >= 15 is 0 Å². The van der Waals surface area contributed by atoms with Gasteiger partial charge in [0, 0.05) is 32.3 Å². The summed E-state index contributed by atoms with van der Waals surface area (Å²) in [5.74, 6) is -0.436. The van der Waals surface area contributed by atoms with Crippen LogP contribution in [-0.2, 0) is 6.42 Å². The molecule has 7 heteroatoms. The molecule has 1 rings (SSSR count). The minimum atomic E-state index is -0.560. The Morgan fingerprint density at radius 2 is 1.69 bits per heavy atom. The van der Waals surface area contributed by atoms with Gasteiger partial charge in [-0.25, -0.2) is 8.78 Å². The molecule has 0 unspecified atom stereocenters. The van der Waals surface area contributed by atoms with Gasteiger partial charge in [0.05, 0.1) is 0 Å². The number of nitrogens with one attached hydrogen (secondary N) is 2. The van der Waals surface area contributed by atoms with E-state index in [1.807, 2.05) is 6.92 Å². The summed E-state index contributed by atoms with van der Waals surface area (Å²) in [6, 6.07) is 3.56. The summed E-state index contributed by atoms with van der Waals surface area (Å²) in [6.07, 6.45) is 3.14. The first-order valence-electron chi connectivity index (χ1n) is 9.06. The number of halogens is 3. The summed E-state index contributed by atoms with van der Waals surface area (Å²) in [6.45, 7) is 8.27. The van der Waals surface area contributed by atoms with Crippen LogP contribution in [0.2, 0.25) is 0 Å². The van der Waals surface area contributed by atoms with Gasteiger partial charge in [0.15, 0.2) is 5.96 Å². The van der Waals surface area contributed by atoms with Crippen molar-refractivity contribution in [3.05, 3.63) is 35.4 Å². The predicted octanol–water partition coefficient (Wildman–Crippen LogP) is 3.87. The Balaban J connectivity index is 0.00000625. The molecule has 0 saturated heterocycles. The summed E-state index contributed by atoms with van der Waals surface area (Å²) in [4.78, 5) is 4.65. The molecule has 0 aliphatic carbocycles. The molecule has 1 aromatic rings. The van der Waals surface area contributed by atoms with Crippen molar-refractivity contribution in [1.82, 2.24) is 10.6 Å². The summed E-state index contributed by atoms with van der Waals surface area (Å²) in [5.41, 5.74) is 0.612. The highest BCUT2D eigenvalue weighted by atomic mass is 127. The fourth-order valence-electron chi connectivity index (χ4n) is 2.81. The van der Waals surface area contributed by atoms with Crippen molar-refractivity contribution < 1.29 is 13.9 Å². The lowest BCUT2D eigenvalue weighted by atomic mass is 9.79. The lowest BCUT2D eigenvalue weighted by molar-refractivity contribution is 0.175. The Bertz CT molecular complexity index is 531. The van der Waals surface area contributed by atoms with E-state index in [4.69, 9.17) is 0 Å². The Hall–Kier alpha value is -0.960. The van der Waals surface area contributed by atoms with Crippen molar-refractivity contribution in [3.8, 4) is 0 Å². The first-order chi connectivity index (χ1) is 12.0.